The number of fused-ring (bicyclic) bond motifs is 1. The van der Waals surface area contributed by atoms with Crippen molar-refractivity contribution in [2.75, 3.05) is 13.2 Å². The van der Waals surface area contributed by atoms with E-state index in [1.54, 1.807) is 0 Å². The van der Waals surface area contributed by atoms with Crippen LogP contribution in [0.3, 0.4) is 0 Å². The first-order valence-corrected chi connectivity index (χ1v) is 12.4. The van der Waals surface area contributed by atoms with Crippen molar-refractivity contribution in [3.63, 3.8) is 0 Å². The summed E-state index contributed by atoms with van der Waals surface area (Å²) in [7, 11) is 0. The van der Waals surface area contributed by atoms with E-state index in [2.05, 4.69) is 60.1 Å². The molecule has 0 unspecified atom stereocenters. The molecule has 0 fully saturated rings. The van der Waals surface area contributed by atoms with Crippen LogP contribution in [0.1, 0.15) is 70.7 Å². The van der Waals surface area contributed by atoms with Crippen LogP contribution in [0, 0.1) is 5.92 Å². The highest BCUT2D eigenvalue weighted by Crippen LogP contribution is 2.26. The van der Waals surface area contributed by atoms with Gasteiger partial charge in [0.15, 0.2) is 0 Å². The predicted octanol–water partition coefficient (Wildman–Crippen LogP) is 6.11. The van der Waals surface area contributed by atoms with E-state index in [1.807, 2.05) is 26.0 Å². The second kappa shape index (κ2) is 12.4. The Kier molecular flexibility index (Phi) is 9.35. The van der Waals surface area contributed by atoms with Gasteiger partial charge in [0, 0.05) is 25.4 Å². The third-order valence-electron chi connectivity index (χ3n) is 5.96. The van der Waals surface area contributed by atoms with Crippen molar-refractivity contribution in [1.82, 2.24) is 14.9 Å². The summed E-state index contributed by atoms with van der Waals surface area (Å²) in [5.74, 6) is 2.77. The molecule has 5 nitrogen and oxygen atoms in total. The first-order valence-electron chi connectivity index (χ1n) is 12.4. The molecule has 3 aromatic rings. The third-order valence-corrected chi connectivity index (χ3v) is 5.96. The summed E-state index contributed by atoms with van der Waals surface area (Å²) in [5, 5.41) is 3.00. The lowest BCUT2D eigenvalue weighted by atomic mass is 10.0. The molecule has 0 aliphatic carbocycles. The summed E-state index contributed by atoms with van der Waals surface area (Å²) in [6, 6.07) is 16.7. The van der Waals surface area contributed by atoms with E-state index < -0.39 is 0 Å². The van der Waals surface area contributed by atoms with Gasteiger partial charge in [-0.05, 0) is 48.9 Å². The van der Waals surface area contributed by atoms with Crippen molar-refractivity contribution in [3.8, 4) is 5.75 Å². The monoisotopic (exact) mass is 449 g/mol. The minimum absolute atomic E-state index is 0.0488. The van der Waals surface area contributed by atoms with E-state index in [-0.39, 0.29) is 11.8 Å². The number of aromatic nitrogens is 2. The molecule has 0 spiro atoms. The zero-order chi connectivity index (χ0) is 23.6. The van der Waals surface area contributed by atoms with Crippen molar-refractivity contribution in [2.45, 2.75) is 72.3 Å². The van der Waals surface area contributed by atoms with Crippen molar-refractivity contribution in [2.24, 2.45) is 5.92 Å². The Morgan fingerprint density at radius 3 is 2.52 bits per heavy atom. The van der Waals surface area contributed by atoms with E-state index in [9.17, 15) is 4.79 Å². The van der Waals surface area contributed by atoms with Crippen LogP contribution in [0.15, 0.2) is 48.5 Å². The van der Waals surface area contributed by atoms with Gasteiger partial charge in [0.25, 0.3) is 0 Å². The van der Waals surface area contributed by atoms with Crippen LogP contribution in [0.5, 0.6) is 5.75 Å². The number of nitrogens with one attached hydrogen (secondary N) is 1. The second-order valence-electron chi connectivity index (χ2n) is 9.32. The van der Waals surface area contributed by atoms with Gasteiger partial charge < -0.3 is 14.6 Å². The van der Waals surface area contributed by atoms with Crippen molar-refractivity contribution in [3.05, 3.63) is 59.9 Å². The van der Waals surface area contributed by atoms with Crippen LogP contribution < -0.4 is 10.1 Å². The summed E-state index contributed by atoms with van der Waals surface area (Å²) in [6.07, 6.45) is 5.03. The molecule has 1 N–H and O–H groups in total. The normalized spacial score (nSPS) is 11.5. The summed E-state index contributed by atoms with van der Waals surface area (Å²) in [4.78, 5) is 16.6. The molecule has 0 aliphatic heterocycles. The van der Waals surface area contributed by atoms with E-state index in [4.69, 9.17) is 9.72 Å². The molecule has 1 aromatic heterocycles. The van der Waals surface area contributed by atoms with Crippen molar-refractivity contribution in [1.29, 1.82) is 0 Å². The van der Waals surface area contributed by atoms with E-state index in [0.29, 0.717) is 12.5 Å². The molecule has 178 valence electrons. The van der Waals surface area contributed by atoms with Gasteiger partial charge in [-0.25, -0.2) is 4.98 Å². The first kappa shape index (κ1) is 24.8. The van der Waals surface area contributed by atoms with Crippen LogP contribution in [0.4, 0.5) is 0 Å². The van der Waals surface area contributed by atoms with Crippen LogP contribution in [0.25, 0.3) is 11.0 Å². The SMILES string of the molecule is CC(C)C(=O)NCCCCCc1nc2ccccc2n1CCCOc1ccccc1C(C)C. The largest absolute Gasteiger partial charge is 0.493 e. The second-order valence-corrected chi connectivity index (χ2v) is 9.32. The number of nitrogens with zero attached hydrogens (tertiary/aromatic N) is 2. The number of aryl methyl sites for hydroxylation is 2. The molecule has 0 aliphatic rings. The molecular weight excluding hydrogens is 410 g/mol. The number of para-hydroxylation sites is 3. The number of benzene rings is 2. The van der Waals surface area contributed by atoms with Gasteiger partial charge in [-0.2, -0.15) is 0 Å². The third kappa shape index (κ3) is 7.08. The van der Waals surface area contributed by atoms with E-state index in [1.165, 1.54) is 11.1 Å². The van der Waals surface area contributed by atoms with Crippen molar-refractivity contribution >= 4 is 16.9 Å². The number of hydrogen-bond donors (Lipinski definition) is 1. The highest BCUT2D eigenvalue weighted by Gasteiger charge is 2.11. The van der Waals surface area contributed by atoms with Gasteiger partial charge in [0.05, 0.1) is 17.6 Å². The molecule has 0 radical (unpaired) electrons. The highest BCUT2D eigenvalue weighted by molar-refractivity contribution is 5.77. The number of hydrogen-bond acceptors (Lipinski definition) is 3. The minimum atomic E-state index is 0.0488. The lowest BCUT2D eigenvalue weighted by Gasteiger charge is -2.14. The fourth-order valence-corrected chi connectivity index (χ4v) is 4.06. The Morgan fingerprint density at radius 1 is 0.970 bits per heavy atom. The number of ether oxygens (including phenoxy) is 1. The number of amides is 1. The smallest absolute Gasteiger partial charge is 0.222 e. The Balaban J connectivity index is 1.53. The summed E-state index contributed by atoms with van der Waals surface area (Å²) < 4.78 is 8.50. The van der Waals surface area contributed by atoms with Gasteiger partial charge in [-0.1, -0.05) is 64.4 Å². The number of imidazole rings is 1. The molecule has 3 rings (SSSR count). The number of carbonyl (C=O) groups excluding carboxylic acids is 1. The highest BCUT2D eigenvalue weighted by atomic mass is 16.5. The molecule has 0 bridgehead atoms. The Bertz CT molecular complexity index is 1020. The Hall–Kier alpha value is -2.82. The molecular formula is C28H39N3O2. The number of carbonyl (C=O) groups is 1. The lowest BCUT2D eigenvalue weighted by molar-refractivity contribution is -0.123. The van der Waals surface area contributed by atoms with Gasteiger partial charge in [0.2, 0.25) is 5.91 Å². The van der Waals surface area contributed by atoms with Crippen LogP contribution in [-0.2, 0) is 17.8 Å². The number of unbranched alkanes of at least 4 members (excludes halogenated alkanes) is 2. The fourth-order valence-electron chi connectivity index (χ4n) is 4.06. The topological polar surface area (TPSA) is 56.2 Å². The maximum atomic E-state index is 11.7. The summed E-state index contributed by atoms with van der Waals surface area (Å²) >= 11 is 0. The molecule has 0 saturated carbocycles. The van der Waals surface area contributed by atoms with Crippen LogP contribution in [0.2, 0.25) is 0 Å². The predicted molar refractivity (Wildman–Crippen MR) is 136 cm³/mol. The van der Waals surface area contributed by atoms with Gasteiger partial charge in [-0.15, -0.1) is 0 Å². The maximum absolute atomic E-state index is 11.7. The Labute approximate surface area is 198 Å². The number of rotatable bonds is 13. The van der Waals surface area contributed by atoms with Gasteiger partial charge >= 0.3 is 0 Å². The molecule has 5 heteroatoms. The van der Waals surface area contributed by atoms with Gasteiger partial charge in [0.1, 0.15) is 11.6 Å². The van der Waals surface area contributed by atoms with Crippen LogP contribution in [-0.4, -0.2) is 28.6 Å². The quantitative estimate of drug-likeness (QED) is 0.320. The van der Waals surface area contributed by atoms with E-state index >= 15 is 0 Å². The lowest BCUT2D eigenvalue weighted by Crippen LogP contribution is -2.28. The Morgan fingerprint density at radius 2 is 1.73 bits per heavy atom. The molecule has 2 aromatic carbocycles. The molecule has 0 saturated heterocycles. The molecule has 0 atom stereocenters. The zero-order valence-electron chi connectivity index (χ0n) is 20.6. The standard InChI is InChI=1S/C28H39N3O2/c1-21(2)23-13-7-10-16-26(23)33-20-12-19-31-25-15-9-8-14-24(25)30-27(31)17-6-5-11-18-29-28(32)22(3)4/h7-10,13-16,21-22H,5-6,11-12,17-20H2,1-4H3,(H,29,32). The van der Waals surface area contributed by atoms with Crippen LogP contribution >= 0.6 is 0 Å². The minimum Gasteiger partial charge on any atom is -0.493 e. The summed E-state index contributed by atoms with van der Waals surface area (Å²) in [6.45, 7) is 10.6. The van der Waals surface area contributed by atoms with E-state index in [0.717, 1.165) is 62.3 Å². The van der Waals surface area contributed by atoms with Crippen molar-refractivity contribution < 1.29 is 9.53 Å². The maximum Gasteiger partial charge on any atom is 0.222 e. The zero-order valence-corrected chi connectivity index (χ0v) is 20.6. The molecule has 1 heterocycles. The van der Waals surface area contributed by atoms with Gasteiger partial charge in [-0.3, -0.25) is 4.79 Å². The average molecular weight is 450 g/mol. The average Bonchev–Trinajstić information content (AvgIpc) is 3.16. The first-order chi connectivity index (χ1) is 16.0. The fraction of sp³-hybridized carbons (Fsp3) is 0.500. The summed E-state index contributed by atoms with van der Waals surface area (Å²) in [5.41, 5.74) is 3.51. The molecule has 1 amide bonds. The molecule has 33 heavy (non-hydrogen) atoms.